The summed E-state index contributed by atoms with van der Waals surface area (Å²) in [5, 5.41) is 5.72. The van der Waals surface area contributed by atoms with E-state index in [9.17, 15) is 9.59 Å². The molecule has 136 valence electrons. The predicted octanol–water partition coefficient (Wildman–Crippen LogP) is 3.82. The number of thiophene rings is 1. The number of para-hydroxylation sites is 1. The number of H-pyrrole nitrogens is 1. The molecule has 1 aromatic carbocycles. The van der Waals surface area contributed by atoms with Crippen molar-refractivity contribution in [1.29, 1.82) is 0 Å². The third-order valence-corrected chi connectivity index (χ3v) is 5.17. The summed E-state index contributed by atoms with van der Waals surface area (Å²) in [6, 6.07) is 11.3. The van der Waals surface area contributed by atoms with Crippen LogP contribution in [0.25, 0.3) is 10.9 Å². The molecule has 0 spiro atoms. The molecule has 1 unspecified atom stereocenters. The van der Waals surface area contributed by atoms with Gasteiger partial charge >= 0.3 is 0 Å². The number of rotatable bonds is 7. The van der Waals surface area contributed by atoms with E-state index in [1.807, 2.05) is 29.6 Å². The largest absolute Gasteiger partial charge is 0.348 e. The normalized spacial score (nSPS) is 12.4. The first kappa shape index (κ1) is 18.3. The average molecular weight is 369 g/mol. The molecule has 0 bridgehead atoms. The first-order valence-corrected chi connectivity index (χ1v) is 9.71. The van der Waals surface area contributed by atoms with E-state index in [1.165, 1.54) is 4.88 Å². The van der Waals surface area contributed by atoms with Gasteiger partial charge in [-0.2, -0.15) is 0 Å². The van der Waals surface area contributed by atoms with Gasteiger partial charge in [0.1, 0.15) is 5.82 Å². The number of nitrogens with zero attached hydrogens (tertiary/aromatic N) is 1. The molecule has 0 saturated carbocycles. The second kappa shape index (κ2) is 8.27. The van der Waals surface area contributed by atoms with Crippen LogP contribution in [0.15, 0.2) is 46.6 Å². The standard InChI is InChI=1S/C20H23N3O2S/c1-13(2)12-16(17-8-5-11-26-17)22-19(24)10-9-18-21-15-7-4-3-6-14(15)20(25)23-18/h3-8,11,13,16H,9-10,12H2,1-2H3,(H,22,24)(H,21,23,25). The minimum atomic E-state index is -0.165. The van der Waals surface area contributed by atoms with E-state index in [-0.39, 0.29) is 17.5 Å². The molecule has 1 atom stereocenters. The summed E-state index contributed by atoms with van der Waals surface area (Å²) in [4.78, 5) is 32.9. The SMILES string of the molecule is CC(C)CC(NC(=O)CCc1nc2ccccc2c(=O)[nH]1)c1cccs1. The molecule has 0 aliphatic carbocycles. The van der Waals surface area contributed by atoms with Crippen LogP contribution in [-0.2, 0) is 11.2 Å². The highest BCUT2D eigenvalue weighted by Gasteiger charge is 2.17. The zero-order valence-corrected chi connectivity index (χ0v) is 15.8. The van der Waals surface area contributed by atoms with Crippen LogP contribution in [0.4, 0.5) is 0 Å². The minimum Gasteiger partial charge on any atom is -0.348 e. The van der Waals surface area contributed by atoms with Crippen LogP contribution < -0.4 is 10.9 Å². The molecule has 0 radical (unpaired) electrons. The fourth-order valence-corrected chi connectivity index (χ4v) is 3.75. The van der Waals surface area contributed by atoms with Gasteiger partial charge in [-0.05, 0) is 35.9 Å². The number of carbonyl (C=O) groups excluding carboxylic acids is 1. The number of hydrogen-bond acceptors (Lipinski definition) is 4. The van der Waals surface area contributed by atoms with Crippen molar-refractivity contribution >= 4 is 28.1 Å². The number of carbonyl (C=O) groups is 1. The number of nitrogens with one attached hydrogen (secondary N) is 2. The summed E-state index contributed by atoms with van der Waals surface area (Å²) in [6.45, 7) is 4.30. The second-order valence-electron chi connectivity index (χ2n) is 6.79. The third-order valence-electron chi connectivity index (χ3n) is 4.18. The van der Waals surface area contributed by atoms with E-state index in [4.69, 9.17) is 0 Å². The van der Waals surface area contributed by atoms with Crippen molar-refractivity contribution in [1.82, 2.24) is 15.3 Å². The number of aryl methyl sites for hydroxylation is 1. The number of aromatic amines is 1. The Morgan fingerprint density at radius 3 is 2.77 bits per heavy atom. The van der Waals surface area contributed by atoms with Crippen LogP contribution in [-0.4, -0.2) is 15.9 Å². The Hall–Kier alpha value is -2.47. The Balaban J connectivity index is 1.65. The van der Waals surface area contributed by atoms with Gasteiger partial charge in [0.25, 0.3) is 5.56 Å². The minimum absolute atomic E-state index is 0.0279. The molecule has 2 N–H and O–H groups in total. The zero-order chi connectivity index (χ0) is 18.5. The van der Waals surface area contributed by atoms with Crippen LogP contribution in [0.3, 0.4) is 0 Å². The van der Waals surface area contributed by atoms with E-state index >= 15 is 0 Å². The summed E-state index contributed by atoms with van der Waals surface area (Å²) < 4.78 is 0. The number of aromatic nitrogens is 2. The highest BCUT2D eigenvalue weighted by atomic mass is 32.1. The van der Waals surface area contributed by atoms with Gasteiger partial charge in [0.05, 0.1) is 16.9 Å². The van der Waals surface area contributed by atoms with Crippen LogP contribution in [0.1, 0.15) is 43.4 Å². The van der Waals surface area contributed by atoms with Crippen molar-refractivity contribution < 1.29 is 4.79 Å². The summed E-state index contributed by atoms with van der Waals surface area (Å²) >= 11 is 1.66. The quantitative estimate of drug-likeness (QED) is 0.665. The fraction of sp³-hybridized carbons (Fsp3) is 0.350. The van der Waals surface area contributed by atoms with Crippen LogP contribution in [0.5, 0.6) is 0 Å². The molecule has 0 fully saturated rings. The second-order valence-corrected chi connectivity index (χ2v) is 7.77. The van der Waals surface area contributed by atoms with Crippen LogP contribution in [0, 0.1) is 5.92 Å². The van der Waals surface area contributed by atoms with Gasteiger partial charge in [0.2, 0.25) is 5.91 Å². The molecule has 5 nitrogen and oxygen atoms in total. The highest BCUT2D eigenvalue weighted by molar-refractivity contribution is 7.10. The molecule has 6 heteroatoms. The van der Waals surface area contributed by atoms with Gasteiger partial charge in [-0.15, -0.1) is 11.3 Å². The number of fused-ring (bicyclic) bond motifs is 1. The summed E-state index contributed by atoms with van der Waals surface area (Å²) in [6.07, 6.45) is 1.60. The smallest absolute Gasteiger partial charge is 0.258 e. The van der Waals surface area contributed by atoms with Crippen molar-refractivity contribution in [2.45, 2.75) is 39.2 Å². The van der Waals surface area contributed by atoms with Crippen molar-refractivity contribution in [3.05, 3.63) is 62.8 Å². The molecule has 2 heterocycles. The molecule has 0 aliphatic rings. The Morgan fingerprint density at radius 2 is 2.04 bits per heavy atom. The lowest BCUT2D eigenvalue weighted by Gasteiger charge is -2.19. The van der Waals surface area contributed by atoms with Gasteiger partial charge in [-0.1, -0.05) is 32.0 Å². The van der Waals surface area contributed by atoms with Crippen LogP contribution >= 0.6 is 11.3 Å². The van der Waals surface area contributed by atoms with Gasteiger partial charge in [0, 0.05) is 17.7 Å². The molecule has 26 heavy (non-hydrogen) atoms. The Kier molecular flexibility index (Phi) is 5.83. The molecular formula is C20H23N3O2S. The predicted molar refractivity (Wildman–Crippen MR) is 105 cm³/mol. The monoisotopic (exact) mass is 369 g/mol. The van der Waals surface area contributed by atoms with Crippen molar-refractivity contribution in [3.63, 3.8) is 0 Å². The third kappa shape index (κ3) is 4.58. The topological polar surface area (TPSA) is 74.8 Å². The van der Waals surface area contributed by atoms with E-state index in [0.717, 1.165) is 6.42 Å². The summed E-state index contributed by atoms with van der Waals surface area (Å²) in [5.74, 6) is 1.00. The zero-order valence-electron chi connectivity index (χ0n) is 15.0. The number of hydrogen-bond donors (Lipinski definition) is 2. The Bertz CT molecular complexity index is 932. The molecule has 1 amide bonds. The van der Waals surface area contributed by atoms with E-state index in [0.29, 0.717) is 35.5 Å². The van der Waals surface area contributed by atoms with Crippen molar-refractivity contribution in [3.8, 4) is 0 Å². The first-order valence-electron chi connectivity index (χ1n) is 8.83. The van der Waals surface area contributed by atoms with E-state index in [1.54, 1.807) is 17.4 Å². The maximum absolute atomic E-state index is 12.4. The molecule has 0 saturated heterocycles. The lowest BCUT2D eigenvalue weighted by atomic mass is 10.0. The number of benzene rings is 1. The summed E-state index contributed by atoms with van der Waals surface area (Å²) in [7, 11) is 0. The molecule has 2 aromatic heterocycles. The molecule has 3 aromatic rings. The maximum Gasteiger partial charge on any atom is 0.258 e. The van der Waals surface area contributed by atoms with Crippen molar-refractivity contribution in [2.75, 3.05) is 0 Å². The maximum atomic E-state index is 12.4. The molecule has 0 aliphatic heterocycles. The lowest BCUT2D eigenvalue weighted by Crippen LogP contribution is -2.29. The number of amides is 1. The van der Waals surface area contributed by atoms with Gasteiger partial charge in [-0.25, -0.2) is 4.98 Å². The fourth-order valence-electron chi connectivity index (χ4n) is 2.96. The van der Waals surface area contributed by atoms with Crippen LogP contribution in [0.2, 0.25) is 0 Å². The summed E-state index contributed by atoms with van der Waals surface area (Å²) in [5.41, 5.74) is 0.491. The average Bonchev–Trinajstić information content (AvgIpc) is 3.14. The van der Waals surface area contributed by atoms with E-state index in [2.05, 4.69) is 35.2 Å². The Labute approximate surface area is 156 Å². The van der Waals surface area contributed by atoms with E-state index < -0.39 is 0 Å². The van der Waals surface area contributed by atoms with Crippen molar-refractivity contribution in [2.24, 2.45) is 5.92 Å². The van der Waals surface area contributed by atoms with Gasteiger partial charge in [0.15, 0.2) is 0 Å². The van der Waals surface area contributed by atoms with Gasteiger partial charge in [-0.3, -0.25) is 9.59 Å². The van der Waals surface area contributed by atoms with Gasteiger partial charge < -0.3 is 10.3 Å². The lowest BCUT2D eigenvalue weighted by molar-refractivity contribution is -0.121. The molecule has 3 rings (SSSR count). The Morgan fingerprint density at radius 1 is 1.23 bits per heavy atom. The molecular weight excluding hydrogens is 346 g/mol. The highest BCUT2D eigenvalue weighted by Crippen LogP contribution is 2.25. The first-order chi connectivity index (χ1) is 12.5.